The molecule has 1 aliphatic rings. The number of imide groups is 1. The minimum absolute atomic E-state index is 0.103. The first-order valence-corrected chi connectivity index (χ1v) is 11.7. The highest BCUT2D eigenvalue weighted by atomic mass is 32.2. The van der Waals surface area contributed by atoms with Crippen LogP contribution in [-0.2, 0) is 17.5 Å². The normalized spacial score (nSPS) is 16.6. The van der Waals surface area contributed by atoms with E-state index in [1.165, 1.54) is 15.8 Å². The molecule has 0 aliphatic carbocycles. The molecule has 0 bridgehead atoms. The van der Waals surface area contributed by atoms with Crippen LogP contribution in [-0.4, -0.2) is 45.5 Å². The quantitative estimate of drug-likeness (QED) is 0.349. The van der Waals surface area contributed by atoms with Crippen LogP contribution in [0, 0.1) is 5.82 Å². The zero-order chi connectivity index (χ0) is 25.3. The van der Waals surface area contributed by atoms with E-state index in [1.54, 1.807) is 31.3 Å². The molecule has 4 rings (SSSR count). The molecule has 2 amide bonds. The summed E-state index contributed by atoms with van der Waals surface area (Å²) in [6, 6.07) is 7.46. The van der Waals surface area contributed by atoms with Crippen LogP contribution in [0.15, 0.2) is 47.5 Å². The van der Waals surface area contributed by atoms with Crippen molar-refractivity contribution < 1.29 is 27.2 Å². The maximum atomic E-state index is 13.4. The molecule has 0 saturated carbocycles. The molecule has 184 valence electrons. The first-order chi connectivity index (χ1) is 16.6. The van der Waals surface area contributed by atoms with Gasteiger partial charge < -0.3 is 5.32 Å². The van der Waals surface area contributed by atoms with E-state index in [4.69, 9.17) is 0 Å². The number of rotatable bonds is 7. The van der Waals surface area contributed by atoms with Crippen molar-refractivity contribution >= 4 is 39.9 Å². The van der Waals surface area contributed by atoms with Crippen molar-refractivity contribution in [3.63, 3.8) is 0 Å². The fourth-order valence-electron chi connectivity index (χ4n) is 4.03. The van der Waals surface area contributed by atoms with Crippen LogP contribution in [0.3, 0.4) is 0 Å². The summed E-state index contributed by atoms with van der Waals surface area (Å²) in [6.07, 6.45) is -0.938. The van der Waals surface area contributed by atoms with Crippen LogP contribution < -0.4 is 5.32 Å². The van der Waals surface area contributed by atoms with Crippen molar-refractivity contribution in [2.24, 2.45) is 0 Å². The van der Waals surface area contributed by atoms with Crippen molar-refractivity contribution in [3.8, 4) is 0 Å². The van der Waals surface area contributed by atoms with E-state index in [0.29, 0.717) is 40.4 Å². The molecule has 1 saturated heterocycles. The molecule has 1 atom stereocenters. The summed E-state index contributed by atoms with van der Waals surface area (Å²) in [5.74, 6) is -1.31. The van der Waals surface area contributed by atoms with E-state index in [0.717, 1.165) is 23.9 Å². The van der Waals surface area contributed by atoms with E-state index >= 15 is 0 Å². The SMILES string of the molecule is CC[C@H](CNC)N1C(=O)S/C(=C\c2ccc3c(cnn3Cc3ccc(F)cc3C(F)(F)F)c2)C1=O. The first-order valence-electron chi connectivity index (χ1n) is 10.8. The third kappa shape index (κ3) is 5.10. The van der Waals surface area contributed by atoms with Crippen molar-refractivity contribution in [3.05, 3.63) is 70.0 Å². The van der Waals surface area contributed by atoms with Gasteiger partial charge in [-0.3, -0.25) is 19.2 Å². The summed E-state index contributed by atoms with van der Waals surface area (Å²) < 4.78 is 54.9. The third-order valence-electron chi connectivity index (χ3n) is 5.76. The van der Waals surface area contributed by atoms with Crippen molar-refractivity contribution in [2.45, 2.75) is 32.1 Å². The van der Waals surface area contributed by atoms with Gasteiger partial charge in [-0.05, 0) is 66.7 Å². The Morgan fingerprint density at radius 1 is 1.17 bits per heavy atom. The molecule has 1 fully saturated rings. The lowest BCUT2D eigenvalue weighted by Crippen LogP contribution is -2.43. The molecule has 11 heteroatoms. The number of hydrogen-bond donors (Lipinski definition) is 1. The predicted octanol–water partition coefficient (Wildman–Crippen LogP) is 5.28. The summed E-state index contributed by atoms with van der Waals surface area (Å²) >= 11 is 0.876. The van der Waals surface area contributed by atoms with Gasteiger partial charge in [0, 0.05) is 11.9 Å². The van der Waals surface area contributed by atoms with Crippen LogP contribution >= 0.6 is 11.8 Å². The molecule has 3 aromatic rings. The van der Waals surface area contributed by atoms with Gasteiger partial charge in [0.1, 0.15) is 5.82 Å². The largest absolute Gasteiger partial charge is 0.416 e. The summed E-state index contributed by atoms with van der Waals surface area (Å²) in [5.41, 5.74) is 0.0839. The molecule has 1 aromatic heterocycles. The number of hydrogen-bond acceptors (Lipinski definition) is 5. The Morgan fingerprint density at radius 2 is 1.94 bits per heavy atom. The average Bonchev–Trinajstić information content (AvgIpc) is 3.32. The van der Waals surface area contributed by atoms with Gasteiger partial charge in [-0.2, -0.15) is 18.3 Å². The molecule has 1 N–H and O–H groups in total. The van der Waals surface area contributed by atoms with E-state index in [-0.39, 0.29) is 29.3 Å². The second-order valence-corrected chi connectivity index (χ2v) is 9.08. The van der Waals surface area contributed by atoms with Gasteiger partial charge in [0.2, 0.25) is 0 Å². The maximum absolute atomic E-state index is 13.4. The van der Waals surface area contributed by atoms with Gasteiger partial charge in [0.05, 0.1) is 34.8 Å². The number of fused-ring (bicyclic) bond motifs is 1. The van der Waals surface area contributed by atoms with Gasteiger partial charge in [-0.15, -0.1) is 0 Å². The first kappa shape index (κ1) is 24.9. The van der Waals surface area contributed by atoms with Crippen LogP contribution in [0.5, 0.6) is 0 Å². The number of nitrogens with zero attached hydrogens (tertiary/aromatic N) is 3. The second kappa shape index (κ2) is 9.82. The van der Waals surface area contributed by atoms with Crippen LogP contribution in [0.2, 0.25) is 0 Å². The van der Waals surface area contributed by atoms with Crippen molar-refractivity contribution in [1.82, 2.24) is 20.0 Å². The Balaban J connectivity index is 1.60. The Labute approximate surface area is 203 Å². The smallest absolute Gasteiger partial charge is 0.318 e. The Morgan fingerprint density at radius 3 is 2.63 bits per heavy atom. The number of carbonyl (C=O) groups is 2. The minimum atomic E-state index is -4.69. The Kier molecular flexibility index (Phi) is 7.00. The van der Waals surface area contributed by atoms with Crippen LogP contribution in [0.4, 0.5) is 22.4 Å². The fourth-order valence-corrected chi connectivity index (χ4v) is 4.93. The molecule has 1 aliphatic heterocycles. The number of nitrogens with one attached hydrogen (secondary N) is 1. The maximum Gasteiger partial charge on any atom is 0.416 e. The van der Waals surface area contributed by atoms with E-state index in [2.05, 4.69) is 10.4 Å². The third-order valence-corrected chi connectivity index (χ3v) is 6.64. The highest BCUT2D eigenvalue weighted by Gasteiger charge is 2.39. The molecule has 35 heavy (non-hydrogen) atoms. The van der Waals surface area contributed by atoms with Gasteiger partial charge >= 0.3 is 6.18 Å². The van der Waals surface area contributed by atoms with E-state index in [9.17, 15) is 27.2 Å². The topological polar surface area (TPSA) is 67.2 Å². The van der Waals surface area contributed by atoms with Crippen LogP contribution in [0.1, 0.15) is 30.0 Å². The van der Waals surface area contributed by atoms with E-state index in [1.807, 2.05) is 6.92 Å². The van der Waals surface area contributed by atoms with Crippen LogP contribution in [0.25, 0.3) is 17.0 Å². The molecule has 0 unspecified atom stereocenters. The zero-order valence-corrected chi connectivity index (χ0v) is 19.7. The molecule has 0 radical (unpaired) electrons. The van der Waals surface area contributed by atoms with Crippen molar-refractivity contribution in [1.29, 1.82) is 0 Å². The van der Waals surface area contributed by atoms with Gasteiger partial charge in [-0.25, -0.2) is 4.39 Å². The Bertz CT molecular complexity index is 1320. The monoisotopic (exact) mass is 506 g/mol. The predicted molar refractivity (Wildman–Crippen MR) is 126 cm³/mol. The summed E-state index contributed by atoms with van der Waals surface area (Å²) in [6.45, 7) is 2.21. The fraction of sp³-hybridized carbons (Fsp3) is 0.292. The molecular weight excluding hydrogens is 484 g/mol. The van der Waals surface area contributed by atoms with Gasteiger partial charge in [0.25, 0.3) is 11.1 Å². The van der Waals surface area contributed by atoms with Crippen molar-refractivity contribution in [2.75, 3.05) is 13.6 Å². The average molecular weight is 507 g/mol. The standard InChI is InChI=1S/C24H22F4N4O2S/c1-3-18(12-29-2)32-22(33)21(35-23(32)34)9-14-4-7-20-16(8-14)11-30-31(20)13-15-5-6-17(25)10-19(15)24(26,27)28/h4-11,18,29H,3,12-13H2,1-2H3/b21-9-/t18-/m1/s1. The zero-order valence-electron chi connectivity index (χ0n) is 18.9. The lowest BCUT2D eigenvalue weighted by molar-refractivity contribution is -0.138. The number of alkyl halides is 3. The summed E-state index contributed by atoms with van der Waals surface area (Å²) in [5, 5.41) is 7.51. The lowest BCUT2D eigenvalue weighted by Gasteiger charge is -2.23. The summed E-state index contributed by atoms with van der Waals surface area (Å²) in [7, 11) is 1.76. The summed E-state index contributed by atoms with van der Waals surface area (Å²) in [4.78, 5) is 26.9. The number of amides is 2. The molecule has 2 aromatic carbocycles. The number of thioether (sulfide) groups is 1. The molecule has 6 nitrogen and oxygen atoms in total. The number of benzene rings is 2. The number of halogens is 4. The highest BCUT2D eigenvalue weighted by molar-refractivity contribution is 8.18. The van der Waals surface area contributed by atoms with E-state index < -0.39 is 17.6 Å². The Hall–Kier alpha value is -3.18. The number of likely N-dealkylation sites (N-methyl/N-ethyl adjacent to an activating group) is 1. The lowest BCUT2D eigenvalue weighted by atomic mass is 10.1. The highest BCUT2D eigenvalue weighted by Crippen LogP contribution is 2.35. The number of carbonyl (C=O) groups excluding carboxylic acids is 2. The molecule has 0 spiro atoms. The van der Waals surface area contributed by atoms with Gasteiger partial charge in [-0.1, -0.05) is 19.1 Å². The number of aromatic nitrogens is 2. The second-order valence-electron chi connectivity index (χ2n) is 8.09. The molecule has 2 heterocycles. The molecular formula is C24H22F4N4O2S. The minimum Gasteiger partial charge on any atom is -0.318 e. The van der Waals surface area contributed by atoms with Gasteiger partial charge in [0.15, 0.2) is 0 Å².